The Hall–Kier alpha value is -2.82. The highest BCUT2D eigenvalue weighted by atomic mass is 16.5. The van der Waals surface area contributed by atoms with E-state index in [9.17, 15) is 9.59 Å². The molecule has 0 bridgehead atoms. The zero-order chi connectivity index (χ0) is 17.1. The van der Waals surface area contributed by atoms with E-state index in [-0.39, 0.29) is 18.4 Å². The van der Waals surface area contributed by atoms with Crippen LogP contribution in [0.25, 0.3) is 0 Å². The largest absolute Gasteiger partial charge is 0.482 e. The van der Waals surface area contributed by atoms with Crippen LogP contribution in [0, 0.1) is 13.8 Å². The van der Waals surface area contributed by atoms with Gasteiger partial charge in [-0.15, -0.1) is 0 Å². The number of carbonyl (C=O) groups excluding carboxylic acids is 2. The minimum atomic E-state index is -0.194. The fourth-order valence-corrected chi connectivity index (χ4v) is 2.76. The van der Waals surface area contributed by atoms with Crippen LogP contribution in [0.4, 0.5) is 11.4 Å². The molecule has 3 rings (SSSR count). The Morgan fingerprint density at radius 3 is 2.83 bits per heavy atom. The van der Waals surface area contributed by atoms with E-state index >= 15 is 0 Å². The summed E-state index contributed by atoms with van der Waals surface area (Å²) in [4.78, 5) is 23.5. The second-order valence-electron chi connectivity index (χ2n) is 6.03. The lowest BCUT2D eigenvalue weighted by Crippen LogP contribution is -2.25. The zero-order valence-corrected chi connectivity index (χ0v) is 13.8. The Morgan fingerprint density at radius 1 is 1.21 bits per heavy atom. The number of benzene rings is 2. The Balaban J connectivity index is 1.61. The molecule has 2 amide bonds. The zero-order valence-electron chi connectivity index (χ0n) is 13.8. The van der Waals surface area contributed by atoms with Crippen molar-refractivity contribution < 1.29 is 14.3 Å². The first-order chi connectivity index (χ1) is 11.5. The van der Waals surface area contributed by atoms with Crippen LogP contribution < -0.4 is 15.4 Å². The maximum atomic E-state index is 12.2. The molecular weight excluding hydrogens is 304 g/mol. The molecule has 0 saturated heterocycles. The average Bonchev–Trinajstić information content (AvgIpc) is 2.53. The standard InChI is InChI=1S/C19H20N2O3/c1-12-3-4-14(13(2)9-12)5-8-18(22)20-15-6-7-17-16(10-15)21-19(23)11-24-17/h3-4,6-7,9-10H,5,8,11H2,1-2H3,(H,20,22)(H,21,23). The van der Waals surface area contributed by atoms with Gasteiger partial charge in [0.1, 0.15) is 5.75 Å². The first kappa shape index (κ1) is 16.1. The number of nitrogens with one attached hydrogen (secondary N) is 2. The molecule has 0 fully saturated rings. The highest BCUT2D eigenvalue weighted by molar-refractivity contribution is 5.97. The first-order valence-electron chi connectivity index (χ1n) is 7.94. The predicted octanol–water partition coefficient (Wildman–Crippen LogP) is 3.21. The normalized spacial score (nSPS) is 12.8. The summed E-state index contributed by atoms with van der Waals surface area (Å²) in [7, 11) is 0. The number of amides is 2. The predicted molar refractivity (Wildman–Crippen MR) is 93.4 cm³/mol. The summed E-state index contributed by atoms with van der Waals surface area (Å²) in [5.41, 5.74) is 4.83. The molecule has 0 spiro atoms. The summed E-state index contributed by atoms with van der Waals surface area (Å²) in [6.07, 6.45) is 1.10. The van der Waals surface area contributed by atoms with Gasteiger partial charge < -0.3 is 15.4 Å². The van der Waals surface area contributed by atoms with Gasteiger partial charge in [-0.2, -0.15) is 0 Å². The molecule has 2 aromatic rings. The minimum Gasteiger partial charge on any atom is -0.482 e. The van der Waals surface area contributed by atoms with Crippen molar-refractivity contribution in [3.63, 3.8) is 0 Å². The Morgan fingerprint density at radius 2 is 2.04 bits per heavy atom. The van der Waals surface area contributed by atoms with Gasteiger partial charge in [-0.1, -0.05) is 23.8 Å². The summed E-state index contributed by atoms with van der Waals surface area (Å²) < 4.78 is 5.30. The van der Waals surface area contributed by atoms with E-state index in [4.69, 9.17) is 4.74 Å². The van der Waals surface area contributed by atoms with Gasteiger partial charge in [0, 0.05) is 12.1 Å². The smallest absolute Gasteiger partial charge is 0.262 e. The van der Waals surface area contributed by atoms with Gasteiger partial charge in [0.15, 0.2) is 6.61 Å². The van der Waals surface area contributed by atoms with Crippen LogP contribution >= 0.6 is 0 Å². The summed E-state index contributed by atoms with van der Waals surface area (Å²) in [6.45, 7) is 4.14. The van der Waals surface area contributed by atoms with Gasteiger partial charge in [0.2, 0.25) is 5.91 Å². The molecule has 2 aromatic carbocycles. The Kier molecular flexibility index (Phi) is 4.51. The van der Waals surface area contributed by atoms with Crippen LogP contribution in [0.1, 0.15) is 23.1 Å². The summed E-state index contributed by atoms with van der Waals surface area (Å²) in [5.74, 6) is 0.363. The topological polar surface area (TPSA) is 67.4 Å². The molecule has 0 aliphatic carbocycles. The van der Waals surface area contributed by atoms with Crippen molar-refractivity contribution in [2.24, 2.45) is 0 Å². The monoisotopic (exact) mass is 324 g/mol. The highest BCUT2D eigenvalue weighted by Gasteiger charge is 2.16. The van der Waals surface area contributed by atoms with Crippen LogP contribution in [0.2, 0.25) is 0 Å². The summed E-state index contributed by atoms with van der Waals surface area (Å²) in [6, 6.07) is 11.5. The van der Waals surface area contributed by atoms with Gasteiger partial charge in [0.25, 0.3) is 5.91 Å². The maximum Gasteiger partial charge on any atom is 0.262 e. The number of ether oxygens (including phenoxy) is 1. The van der Waals surface area contributed by atoms with Crippen LogP contribution in [0.3, 0.4) is 0 Å². The molecule has 0 atom stereocenters. The van der Waals surface area contributed by atoms with E-state index in [1.807, 2.05) is 0 Å². The Bertz CT molecular complexity index is 799. The van der Waals surface area contributed by atoms with Crippen LogP contribution in [-0.4, -0.2) is 18.4 Å². The van der Waals surface area contributed by atoms with E-state index in [1.165, 1.54) is 16.7 Å². The number of aryl methyl sites for hydroxylation is 3. The van der Waals surface area contributed by atoms with Crippen molar-refractivity contribution in [2.75, 3.05) is 17.2 Å². The number of rotatable bonds is 4. The second-order valence-corrected chi connectivity index (χ2v) is 6.03. The molecule has 2 N–H and O–H groups in total. The van der Waals surface area contributed by atoms with Crippen molar-refractivity contribution in [3.05, 3.63) is 53.1 Å². The third-order valence-electron chi connectivity index (χ3n) is 4.02. The summed E-state index contributed by atoms with van der Waals surface area (Å²) >= 11 is 0. The average molecular weight is 324 g/mol. The van der Waals surface area contributed by atoms with Gasteiger partial charge in [-0.3, -0.25) is 9.59 Å². The number of carbonyl (C=O) groups is 2. The van der Waals surface area contributed by atoms with Crippen molar-refractivity contribution >= 4 is 23.2 Å². The molecule has 124 valence electrons. The van der Waals surface area contributed by atoms with Gasteiger partial charge in [0.05, 0.1) is 5.69 Å². The molecule has 1 aliphatic heterocycles. The minimum absolute atomic E-state index is 0.0224. The lowest BCUT2D eigenvalue weighted by Gasteiger charge is -2.18. The molecule has 0 unspecified atom stereocenters. The lowest BCUT2D eigenvalue weighted by atomic mass is 10.0. The van der Waals surface area contributed by atoms with Gasteiger partial charge in [-0.05, 0) is 49.6 Å². The summed E-state index contributed by atoms with van der Waals surface area (Å²) in [5, 5.41) is 5.59. The maximum absolute atomic E-state index is 12.2. The van der Waals surface area contributed by atoms with Crippen molar-refractivity contribution in [1.82, 2.24) is 0 Å². The lowest BCUT2D eigenvalue weighted by molar-refractivity contribution is -0.118. The molecule has 5 heteroatoms. The van der Waals surface area contributed by atoms with E-state index in [0.29, 0.717) is 30.0 Å². The van der Waals surface area contributed by atoms with E-state index in [2.05, 4.69) is 42.7 Å². The van der Waals surface area contributed by atoms with E-state index in [0.717, 1.165) is 0 Å². The first-order valence-corrected chi connectivity index (χ1v) is 7.94. The number of anilines is 2. The van der Waals surface area contributed by atoms with E-state index < -0.39 is 0 Å². The van der Waals surface area contributed by atoms with E-state index in [1.54, 1.807) is 18.2 Å². The fraction of sp³-hybridized carbons (Fsp3) is 0.263. The van der Waals surface area contributed by atoms with Crippen molar-refractivity contribution in [2.45, 2.75) is 26.7 Å². The Labute approximate surface area is 141 Å². The highest BCUT2D eigenvalue weighted by Crippen LogP contribution is 2.30. The number of fused-ring (bicyclic) bond motifs is 1. The van der Waals surface area contributed by atoms with Crippen LogP contribution in [0.5, 0.6) is 5.75 Å². The third kappa shape index (κ3) is 3.74. The molecule has 24 heavy (non-hydrogen) atoms. The van der Waals surface area contributed by atoms with Crippen LogP contribution in [-0.2, 0) is 16.0 Å². The van der Waals surface area contributed by atoms with Crippen LogP contribution in [0.15, 0.2) is 36.4 Å². The van der Waals surface area contributed by atoms with Crippen molar-refractivity contribution in [3.8, 4) is 5.75 Å². The molecule has 1 heterocycles. The van der Waals surface area contributed by atoms with Gasteiger partial charge >= 0.3 is 0 Å². The third-order valence-corrected chi connectivity index (χ3v) is 4.02. The molecule has 1 aliphatic rings. The van der Waals surface area contributed by atoms with Gasteiger partial charge in [-0.25, -0.2) is 0 Å². The fourth-order valence-electron chi connectivity index (χ4n) is 2.76. The molecule has 0 saturated carbocycles. The number of hydrogen-bond acceptors (Lipinski definition) is 3. The SMILES string of the molecule is Cc1ccc(CCC(=O)Nc2ccc3c(c2)NC(=O)CO3)c(C)c1. The molecule has 0 radical (unpaired) electrons. The molecule has 5 nitrogen and oxygen atoms in total. The second kappa shape index (κ2) is 6.74. The van der Waals surface area contributed by atoms with Crippen molar-refractivity contribution in [1.29, 1.82) is 0 Å². The number of hydrogen-bond donors (Lipinski definition) is 2. The molecule has 0 aromatic heterocycles. The quantitative estimate of drug-likeness (QED) is 0.907. The molecular formula is C19H20N2O3.